The van der Waals surface area contributed by atoms with Gasteiger partial charge in [-0.15, -0.1) is 0 Å². The number of nitrogens with zero attached hydrogens (tertiary/aromatic N) is 3. The summed E-state index contributed by atoms with van der Waals surface area (Å²) in [6, 6.07) is 12.3. The molecule has 28 heavy (non-hydrogen) atoms. The number of aromatic nitrogens is 2. The summed E-state index contributed by atoms with van der Waals surface area (Å²) >= 11 is 0. The lowest BCUT2D eigenvalue weighted by Gasteiger charge is -2.14. The molecule has 138 valence electrons. The van der Waals surface area contributed by atoms with Crippen LogP contribution in [0.1, 0.15) is 40.9 Å². The smallest absolute Gasteiger partial charge is 0.253 e. The summed E-state index contributed by atoms with van der Waals surface area (Å²) in [5, 5.41) is 21.9. The molecule has 1 aromatic carbocycles. The lowest BCUT2D eigenvalue weighted by atomic mass is 9.98. The Bertz CT molecular complexity index is 1200. The third kappa shape index (κ3) is 3.60. The number of aryl methyl sites for hydroxylation is 1. The molecule has 3 aromatic rings. The number of nitrogens with one attached hydrogen (secondary N) is 2. The molecule has 2 N–H and O–H groups in total. The zero-order chi connectivity index (χ0) is 20.3. The SMILES string of the molecule is Cc1cccc2[nH]c(=O)c(CC(=O)N[C@H](C)c3ccc(C#N)cn3)c(C#N)c12. The number of amides is 1. The van der Waals surface area contributed by atoms with Crippen molar-refractivity contribution in [2.75, 3.05) is 0 Å². The second-order valence-electron chi connectivity index (χ2n) is 6.47. The minimum atomic E-state index is -0.450. The van der Waals surface area contributed by atoms with Gasteiger partial charge in [-0.2, -0.15) is 10.5 Å². The first kappa shape index (κ1) is 18.8. The third-order valence-corrected chi connectivity index (χ3v) is 4.53. The average Bonchev–Trinajstić information content (AvgIpc) is 2.69. The van der Waals surface area contributed by atoms with E-state index in [9.17, 15) is 14.9 Å². The predicted octanol–water partition coefficient (Wildman–Crippen LogP) is 2.39. The highest BCUT2D eigenvalue weighted by Gasteiger charge is 2.18. The molecule has 7 nitrogen and oxygen atoms in total. The molecule has 2 heterocycles. The van der Waals surface area contributed by atoms with E-state index in [0.29, 0.717) is 22.2 Å². The monoisotopic (exact) mass is 371 g/mol. The highest BCUT2D eigenvalue weighted by Crippen LogP contribution is 2.22. The first-order chi connectivity index (χ1) is 13.4. The van der Waals surface area contributed by atoms with Crippen molar-refractivity contribution in [3.63, 3.8) is 0 Å². The van der Waals surface area contributed by atoms with Gasteiger partial charge in [-0.3, -0.25) is 14.6 Å². The number of H-pyrrole nitrogens is 1. The molecule has 1 amide bonds. The van der Waals surface area contributed by atoms with Gasteiger partial charge in [0.2, 0.25) is 5.91 Å². The van der Waals surface area contributed by atoms with Crippen LogP contribution in [0.15, 0.2) is 41.3 Å². The molecule has 0 saturated heterocycles. The Labute approximate surface area is 161 Å². The topological polar surface area (TPSA) is 122 Å². The van der Waals surface area contributed by atoms with Crippen molar-refractivity contribution in [1.82, 2.24) is 15.3 Å². The van der Waals surface area contributed by atoms with Crippen LogP contribution in [0.25, 0.3) is 10.9 Å². The summed E-state index contributed by atoms with van der Waals surface area (Å²) in [5.74, 6) is -0.395. The quantitative estimate of drug-likeness (QED) is 0.729. The molecule has 0 saturated carbocycles. The molecule has 1 atom stereocenters. The summed E-state index contributed by atoms with van der Waals surface area (Å²) in [7, 11) is 0. The molecule has 0 aliphatic carbocycles. The second kappa shape index (κ2) is 7.73. The van der Waals surface area contributed by atoms with E-state index in [1.165, 1.54) is 6.20 Å². The van der Waals surface area contributed by atoms with Crippen LogP contribution in [0.2, 0.25) is 0 Å². The minimum Gasteiger partial charge on any atom is -0.348 e. The summed E-state index contributed by atoms with van der Waals surface area (Å²) in [5.41, 5.74) is 2.35. The number of benzene rings is 1. The van der Waals surface area contributed by atoms with Crippen LogP contribution >= 0.6 is 0 Å². The Morgan fingerprint density at radius 1 is 1.25 bits per heavy atom. The second-order valence-corrected chi connectivity index (χ2v) is 6.47. The number of carbonyl (C=O) groups is 1. The number of aromatic amines is 1. The van der Waals surface area contributed by atoms with Crippen molar-refractivity contribution in [1.29, 1.82) is 10.5 Å². The van der Waals surface area contributed by atoms with E-state index in [0.717, 1.165) is 5.56 Å². The summed E-state index contributed by atoms with van der Waals surface area (Å²) in [4.78, 5) is 31.9. The van der Waals surface area contributed by atoms with Gasteiger partial charge < -0.3 is 10.3 Å². The number of pyridine rings is 2. The van der Waals surface area contributed by atoms with Crippen LogP contribution in [0, 0.1) is 29.6 Å². The van der Waals surface area contributed by atoms with E-state index in [4.69, 9.17) is 5.26 Å². The van der Waals surface area contributed by atoms with Gasteiger partial charge in [-0.05, 0) is 37.6 Å². The fourth-order valence-corrected chi connectivity index (χ4v) is 3.11. The number of fused-ring (bicyclic) bond motifs is 1. The van der Waals surface area contributed by atoms with E-state index in [1.54, 1.807) is 31.2 Å². The fraction of sp³-hybridized carbons (Fsp3) is 0.190. The Kier molecular flexibility index (Phi) is 5.19. The van der Waals surface area contributed by atoms with Gasteiger partial charge in [0, 0.05) is 22.7 Å². The molecule has 0 aliphatic heterocycles. The van der Waals surface area contributed by atoms with Gasteiger partial charge in [-0.25, -0.2) is 0 Å². The van der Waals surface area contributed by atoms with Gasteiger partial charge in [0.1, 0.15) is 12.1 Å². The van der Waals surface area contributed by atoms with E-state index < -0.39 is 17.5 Å². The molecule has 0 bridgehead atoms. The maximum Gasteiger partial charge on any atom is 0.253 e. The Balaban J connectivity index is 1.88. The normalized spacial score (nSPS) is 11.4. The Morgan fingerprint density at radius 3 is 2.68 bits per heavy atom. The summed E-state index contributed by atoms with van der Waals surface area (Å²) in [6.45, 7) is 3.61. The van der Waals surface area contributed by atoms with Gasteiger partial charge in [0.15, 0.2) is 0 Å². The highest BCUT2D eigenvalue weighted by atomic mass is 16.2. The molecule has 0 spiro atoms. The molecular formula is C21H17N5O2. The lowest BCUT2D eigenvalue weighted by molar-refractivity contribution is -0.121. The maximum atomic E-state index is 12.5. The molecule has 0 unspecified atom stereocenters. The van der Waals surface area contributed by atoms with Crippen LogP contribution < -0.4 is 10.9 Å². The zero-order valence-corrected chi connectivity index (χ0v) is 15.4. The molecular weight excluding hydrogens is 354 g/mol. The van der Waals surface area contributed by atoms with Gasteiger partial charge in [0.05, 0.1) is 29.3 Å². The van der Waals surface area contributed by atoms with Crippen molar-refractivity contribution in [2.24, 2.45) is 0 Å². The maximum absolute atomic E-state index is 12.5. The predicted molar refractivity (Wildman–Crippen MR) is 103 cm³/mol. The first-order valence-electron chi connectivity index (χ1n) is 8.64. The van der Waals surface area contributed by atoms with E-state index in [-0.39, 0.29) is 17.5 Å². The van der Waals surface area contributed by atoms with Crippen molar-refractivity contribution >= 4 is 16.8 Å². The van der Waals surface area contributed by atoms with Gasteiger partial charge >= 0.3 is 0 Å². The largest absolute Gasteiger partial charge is 0.348 e. The number of nitriles is 2. The van der Waals surface area contributed by atoms with E-state index in [2.05, 4.69) is 21.4 Å². The summed E-state index contributed by atoms with van der Waals surface area (Å²) < 4.78 is 0. The average molecular weight is 371 g/mol. The molecule has 0 radical (unpaired) electrons. The van der Waals surface area contributed by atoms with Gasteiger partial charge in [0.25, 0.3) is 5.56 Å². The third-order valence-electron chi connectivity index (χ3n) is 4.53. The van der Waals surface area contributed by atoms with Crippen molar-refractivity contribution < 1.29 is 4.79 Å². The van der Waals surface area contributed by atoms with Crippen LogP contribution in [0.5, 0.6) is 0 Å². The van der Waals surface area contributed by atoms with Crippen LogP contribution in [0.3, 0.4) is 0 Å². The number of rotatable bonds is 4. The number of hydrogen-bond donors (Lipinski definition) is 2. The van der Waals surface area contributed by atoms with E-state index in [1.807, 2.05) is 19.1 Å². The number of hydrogen-bond acceptors (Lipinski definition) is 5. The van der Waals surface area contributed by atoms with Crippen LogP contribution in [-0.4, -0.2) is 15.9 Å². The molecule has 3 rings (SSSR count). The van der Waals surface area contributed by atoms with Crippen molar-refractivity contribution in [3.05, 3.63) is 74.8 Å². The molecule has 0 fully saturated rings. The number of carbonyl (C=O) groups excluding carboxylic acids is 1. The lowest BCUT2D eigenvalue weighted by Crippen LogP contribution is -2.31. The van der Waals surface area contributed by atoms with E-state index >= 15 is 0 Å². The minimum absolute atomic E-state index is 0.141. The fourth-order valence-electron chi connectivity index (χ4n) is 3.11. The molecule has 2 aromatic heterocycles. The van der Waals surface area contributed by atoms with Gasteiger partial charge in [-0.1, -0.05) is 12.1 Å². The molecule has 7 heteroatoms. The Morgan fingerprint density at radius 2 is 2.04 bits per heavy atom. The van der Waals surface area contributed by atoms with Crippen molar-refractivity contribution in [2.45, 2.75) is 26.3 Å². The standard InChI is InChI=1S/C21H17N5O2/c1-12-4-3-5-18-20(12)16(10-23)15(21(28)26-18)8-19(27)25-13(2)17-7-6-14(9-22)11-24-17/h3-7,11,13H,8H2,1-2H3,(H,25,27)(H,26,28)/t13-/m1/s1. The van der Waals surface area contributed by atoms with Crippen molar-refractivity contribution in [3.8, 4) is 12.1 Å². The molecule has 0 aliphatic rings. The van der Waals surface area contributed by atoms with Crippen LogP contribution in [-0.2, 0) is 11.2 Å². The Hall–Kier alpha value is -3.97. The highest BCUT2D eigenvalue weighted by molar-refractivity contribution is 5.90. The summed E-state index contributed by atoms with van der Waals surface area (Å²) in [6.07, 6.45) is 1.21. The zero-order valence-electron chi connectivity index (χ0n) is 15.4. The first-order valence-corrected chi connectivity index (χ1v) is 8.64. The van der Waals surface area contributed by atoms with Crippen LogP contribution in [0.4, 0.5) is 0 Å².